The highest BCUT2D eigenvalue weighted by Crippen LogP contribution is 2.39. The van der Waals surface area contributed by atoms with Gasteiger partial charge in [-0.25, -0.2) is 4.98 Å². The summed E-state index contributed by atoms with van der Waals surface area (Å²) < 4.78 is 0. The Morgan fingerprint density at radius 2 is 1.90 bits per heavy atom. The smallest absolute Gasteiger partial charge is 0.266 e. The molecule has 1 aliphatic heterocycles. The summed E-state index contributed by atoms with van der Waals surface area (Å²) in [5, 5.41) is 0.953. The van der Waals surface area contributed by atoms with Gasteiger partial charge in [0.2, 0.25) is 0 Å². The van der Waals surface area contributed by atoms with Crippen molar-refractivity contribution in [2.75, 3.05) is 18.8 Å². The van der Waals surface area contributed by atoms with Gasteiger partial charge in [0.05, 0.1) is 5.69 Å². The second-order valence-electron chi connectivity index (χ2n) is 9.30. The number of anilines is 1. The third kappa shape index (κ3) is 3.49. The number of piperidine rings is 1. The van der Waals surface area contributed by atoms with Crippen LogP contribution in [-0.4, -0.2) is 28.9 Å². The van der Waals surface area contributed by atoms with Crippen LogP contribution in [0.5, 0.6) is 0 Å². The zero-order valence-electron chi connectivity index (χ0n) is 17.7. The van der Waals surface area contributed by atoms with Crippen LogP contribution in [0.3, 0.4) is 0 Å². The predicted molar refractivity (Wildman–Crippen MR) is 124 cm³/mol. The number of carbonyl (C=O) groups is 1. The minimum atomic E-state index is 0.0778. The predicted octanol–water partition coefficient (Wildman–Crippen LogP) is 5.27. The second-order valence-corrected chi connectivity index (χ2v) is 10.3. The maximum atomic E-state index is 13.3. The SMILES string of the molecule is CC1CC(C)CN(C(=O)c2sc3nc4c(cc3c2N)CC(c2ccccc2)CC4)C1. The normalized spacial score (nSPS) is 24.1. The average Bonchev–Trinajstić information content (AvgIpc) is 3.06. The molecule has 5 rings (SSSR count). The fourth-order valence-electron chi connectivity index (χ4n) is 5.33. The minimum absolute atomic E-state index is 0.0778. The van der Waals surface area contributed by atoms with Crippen LogP contribution in [0.25, 0.3) is 10.2 Å². The summed E-state index contributed by atoms with van der Waals surface area (Å²) in [6.07, 6.45) is 4.27. The number of carbonyl (C=O) groups excluding carboxylic acids is 1. The fraction of sp³-hybridized carbons (Fsp3) is 0.440. The average molecular weight is 420 g/mol. The van der Waals surface area contributed by atoms with Gasteiger partial charge in [-0.1, -0.05) is 44.2 Å². The van der Waals surface area contributed by atoms with E-state index in [-0.39, 0.29) is 5.91 Å². The molecule has 1 aromatic carbocycles. The number of rotatable bonds is 2. The van der Waals surface area contributed by atoms with E-state index < -0.39 is 0 Å². The van der Waals surface area contributed by atoms with E-state index in [1.165, 1.54) is 34.6 Å². The van der Waals surface area contributed by atoms with Crippen LogP contribution in [0.4, 0.5) is 5.69 Å². The van der Waals surface area contributed by atoms with Gasteiger partial charge in [-0.3, -0.25) is 4.79 Å². The molecule has 3 aromatic rings. The standard InChI is InChI=1S/C25H29N3OS/c1-15-10-16(2)14-28(13-15)25(29)23-22(26)20-12-19-11-18(17-6-4-3-5-7-17)8-9-21(19)27-24(20)30-23/h3-7,12,15-16,18H,8-11,13-14,26H2,1-2H3. The first-order valence-corrected chi connectivity index (χ1v) is 11.9. The summed E-state index contributed by atoms with van der Waals surface area (Å²) in [6.45, 7) is 6.09. The molecule has 2 N–H and O–H groups in total. The first kappa shape index (κ1) is 19.6. The number of pyridine rings is 1. The summed E-state index contributed by atoms with van der Waals surface area (Å²) in [5.74, 6) is 1.67. The first-order valence-electron chi connectivity index (χ1n) is 11.0. The Morgan fingerprint density at radius 3 is 2.63 bits per heavy atom. The van der Waals surface area contributed by atoms with Crippen LogP contribution in [-0.2, 0) is 12.8 Å². The van der Waals surface area contributed by atoms with Crippen LogP contribution < -0.4 is 5.73 Å². The van der Waals surface area contributed by atoms with E-state index in [4.69, 9.17) is 10.7 Å². The molecule has 2 aliphatic rings. The van der Waals surface area contributed by atoms with Gasteiger partial charge in [0.1, 0.15) is 9.71 Å². The number of amides is 1. The summed E-state index contributed by atoms with van der Waals surface area (Å²) in [4.78, 5) is 21.8. The lowest BCUT2D eigenvalue weighted by molar-refractivity contribution is 0.0629. The number of hydrogen-bond donors (Lipinski definition) is 1. The number of aromatic nitrogens is 1. The van der Waals surface area contributed by atoms with Crippen molar-refractivity contribution in [2.45, 2.75) is 45.4 Å². The molecule has 0 radical (unpaired) electrons. The summed E-state index contributed by atoms with van der Waals surface area (Å²) in [6, 6.07) is 12.9. The van der Waals surface area contributed by atoms with Crippen molar-refractivity contribution in [3.8, 4) is 0 Å². The highest BCUT2D eigenvalue weighted by molar-refractivity contribution is 7.21. The molecule has 3 heterocycles. The lowest BCUT2D eigenvalue weighted by Crippen LogP contribution is -2.42. The van der Waals surface area contributed by atoms with E-state index in [1.54, 1.807) is 0 Å². The van der Waals surface area contributed by atoms with Crippen LogP contribution in [0.1, 0.15) is 59.1 Å². The molecular formula is C25H29N3OS. The van der Waals surface area contributed by atoms with Gasteiger partial charge in [-0.05, 0) is 60.6 Å². The maximum absolute atomic E-state index is 13.3. The van der Waals surface area contributed by atoms with E-state index in [1.807, 2.05) is 4.90 Å². The Hall–Kier alpha value is -2.40. The van der Waals surface area contributed by atoms with Gasteiger partial charge in [0.15, 0.2) is 0 Å². The van der Waals surface area contributed by atoms with Crippen molar-refractivity contribution in [3.05, 3.63) is 58.1 Å². The molecule has 3 unspecified atom stereocenters. The molecule has 0 saturated carbocycles. The summed E-state index contributed by atoms with van der Waals surface area (Å²) in [7, 11) is 0. The quantitative estimate of drug-likeness (QED) is 0.616. The van der Waals surface area contributed by atoms with Gasteiger partial charge in [0.25, 0.3) is 5.91 Å². The first-order chi connectivity index (χ1) is 14.5. The molecule has 0 bridgehead atoms. The zero-order chi connectivity index (χ0) is 20.8. The van der Waals surface area contributed by atoms with Gasteiger partial charge in [-0.15, -0.1) is 11.3 Å². The molecule has 5 heteroatoms. The van der Waals surface area contributed by atoms with Crippen molar-refractivity contribution in [1.82, 2.24) is 9.88 Å². The number of benzene rings is 1. The Bertz CT molecular complexity index is 1080. The summed E-state index contributed by atoms with van der Waals surface area (Å²) >= 11 is 1.47. The number of hydrogen-bond acceptors (Lipinski definition) is 4. The van der Waals surface area contributed by atoms with E-state index in [0.29, 0.717) is 28.3 Å². The second kappa shape index (κ2) is 7.69. The largest absolute Gasteiger partial charge is 0.397 e. The number of nitrogen functional groups attached to an aromatic ring is 1. The van der Waals surface area contributed by atoms with Gasteiger partial charge >= 0.3 is 0 Å². The number of nitrogens with zero attached hydrogens (tertiary/aromatic N) is 2. The molecule has 0 spiro atoms. The topological polar surface area (TPSA) is 59.2 Å². The Morgan fingerprint density at radius 1 is 1.17 bits per heavy atom. The fourth-order valence-corrected chi connectivity index (χ4v) is 6.40. The van der Waals surface area contributed by atoms with Gasteiger partial charge < -0.3 is 10.6 Å². The molecule has 3 atom stereocenters. The molecule has 2 aromatic heterocycles. The zero-order valence-corrected chi connectivity index (χ0v) is 18.5. The molecule has 4 nitrogen and oxygen atoms in total. The molecule has 30 heavy (non-hydrogen) atoms. The third-order valence-corrected chi connectivity index (χ3v) is 7.81. The maximum Gasteiger partial charge on any atom is 0.266 e. The Labute approximate surface area is 182 Å². The van der Waals surface area contributed by atoms with Crippen LogP contribution >= 0.6 is 11.3 Å². The number of nitrogens with two attached hydrogens (primary N) is 1. The van der Waals surface area contributed by atoms with Crippen molar-refractivity contribution in [1.29, 1.82) is 0 Å². The van der Waals surface area contributed by atoms with Gasteiger partial charge in [0, 0.05) is 24.2 Å². The monoisotopic (exact) mass is 419 g/mol. The van der Waals surface area contributed by atoms with E-state index in [9.17, 15) is 4.79 Å². The number of fused-ring (bicyclic) bond motifs is 2. The van der Waals surface area contributed by atoms with Crippen molar-refractivity contribution < 1.29 is 4.79 Å². The van der Waals surface area contributed by atoms with E-state index in [2.05, 4.69) is 50.2 Å². The molecule has 156 valence electrons. The van der Waals surface area contributed by atoms with Crippen molar-refractivity contribution in [3.63, 3.8) is 0 Å². The van der Waals surface area contributed by atoms with Gasteiger partial charge in [-0.2, -0.15) is 0 Å². The molecular weight excluding hydrogens is 390 g/mol. The summed E-state index contributed by atoms with van der Waals surface area (Å²) in [5.41, 5.74) is 11.0. The molecule has 1 saturated heterocycles. The minimum Gasteiger partial charge on any atom is -0.397 e. The van der Waals surface area contributed by atoms with Crippen LogP contribution in [0, 0.1) is 11.8 Å². The Balaban J connectivity index is 1.46. The number of thiophene rings is 1. The lowest BCUT2D eigenvalue weighted by atomic mass is 9.82. The van der Waals surface area contributed by atoms with Crippen molar-refractivity contribution in [2.24, 2.45) is 11.8 Å². The molecule has 1 aliphatic carbocycles. The van der Waals surface area contributed by atoms with E-state index >= 15 is 0 Å². The third-order valence-electron chi connectivity index (χ3n) is 6.71. The molecule has 1 amide bonds. The van der Waals surface area contributed by atoms with E-state index in [0.717, 1.165) is 42.6 Å². The molecule has 1 fully saturated rings. The van der Waals surface area contributed by atoms with Crippen molar-refractivity contribution >= 4 is 33.1 Å². The number of likely N-dealkylation sites (tertiary alicyclic amines) is 1. The van der Waals surface area contributed by atoms with Crippen LogP contribution in [0.2, 0.25) is 0 Å². The lowest BCUT2D eigenvalue weighted by Gasteiger charge is -2.34. The highest BCUT2D eigenvalue weighted by Gasteiger charge is 2.30. The Kier molecular flexibility index (Phi) is 5.02. The highest BCUT2D eigenvalue weighted by atomic mass is 32.1. The van der Waals surface area contributed by atoms with Crippen LogP contribution in [0.15, 0.2) is 36.4 Å². The number of aryl methyl sites for hydroxylation is 1.